The first-order chi connectivity index (χ1) is 17.0. The molecule has 3 aromatic carbocycles. The second-order valence-corrected chi connectivity index (χ2v) is 7.55. The molecule has 1 heterocycles. The topological polar surface area (TPSA) is 114 Å². The zero-order valence-corrected chi connectivity index (χ0v) is 18.5. The van der Waals surface area contributed by atoms with Gasteiger partial charge in [0, 0.05) is 35.9 Å². The maximum Gasteiger partial charge on any atom is 0.269 e. The molecule has 0 atom stereocenters. The van der Waals surface area contributed by atoms with Crippen molar-refractivity contribution in [3.05, 3.63) is 130 Å². The molecule has 0 saturated carbocycles. The Morgan fingerprint density at radius 3 is 2.17 bits per heavy atom. The largest absolute Gasteiger partial charge is 0.457 e. The van der Waals surface area contributed by atoms with Crippen molar-refractivity contribution in [2.24, 2.45) is 0 Å². The van der Waals surface area contributed by atoms with Crippen LogP contribution in [0.3, 0.4) is 0 Å². The van der Waals surface area contributed by atoms with Gasteiger partial charge < -0.3 is 15.1 Å². The Morgan fingerprint density at radius 1 is 0.857 bits per heavy atom. The molecule has 0 saturated heterocycles. The molecule has 35 heavy (non-hydrogen) atoms. The normalized spacial score (nSPS) is 11.0. The third-order valence-corrected chi connectivity index (χ3v) is 5.10. The Bertz CT molecular complexity index is 1360. The molecular formula is C27H21N3O5. The monoisotopic (exact) mass is 467 g/mol. The van der Waals surface area contributed by atoms with Gasteiger partial charge in [0.1, 0.15) is 17.2 Å². The van der Waals surface area contributed by atoms with Crippen molar-refractivity contribution >= 4 is 23.6 Å². The number of amides is 2. The molecule has 0 bridgehead atoms. The minimum atomic E-state index is -0.480. The van der Waals surface area contributed by atoms with Gasteiger partial charge in [-0.15, -0.1) is 0 Å². The quantitative estimate of drug-likeness (QED) is 0.216. The molecular weight excluding hydrogens is 446 g/mol. The molecule has 0 aliphatic rings. The summed E-state index contributed by atoms with van der Waals surface area (Å²) in [6.45, 7) is 0.282. The average Bonchev–Trinajstić information content (AvgIpc) is 3.36. The highest BCUT2D eigenvalue weighted by atomic mass is 16.6. The second kappa shape index (κ2) is 10.8. The predicted molar refractivity (Wildman–Crippen MR) is 131 cm³/mol. The van der Waals surface area contributed by atoms with Crippen molar-refractivity contribution in [1.82, 2.24) is 10.6 Å². The molecule has 0 radical (unpaired) electrons. The van der Waals surface area contributed by atoms with E-state index in [1.54, 1.807) is 54.6 Å². The molecule has 0 unspecified atom stereocenters. The number of non-ortho nitro benzene ring substituents is 1. The Kier molecular flexibility index (Phi) is 7.13. The molecule has 2 amide bonds. The fraction of sp³-hybridized carbons (Fsp3) is 0.0370. The highest BCUT2D eigenvalue weighted by Crippen LogP contribution is 2.25. The summed E-state index contributed by atoms with van der Waals surface area (Å²) in [5, 5.41) is 16.3. The van der Waals surface area contributed by atoms with Crippen LogP contribution in [-0.4, -0.2) is 16.7 Å². The van der Waals surface area contributed by atoms with Crippen molar-refractivity contribution in [3.8, 4) is 11.3 Å². The minimum absolute atomic E-state index is 0.0133. The number of nitrogens with zero attached hydrogens (tertiary/aromatic N) is 1. The molecule has 0 fully saturated rings. The first-order valence-electron chi connectivity index (χ1n) is 10.7. The van der Waals surface area contributed by atoms with Crippen LogP contribution in [0.4, 0.5) is 5.69 Å². The molecule has 0 spiro atoms. The summed E-state index contributed by atoms with van der Waals surface area (Å²) in [4.78, 5) is 36.1. The fourth-order valence-corrected chi connectivity index (χ4v) is 3.29. The average molecular weight is 467 g/mol. The zero-order valence-electron chi connectivity index (χ0n) is 18.5. The van der Waals surface area contributed by atoms with Gasteiger partial charge >= 0.3 is 0 Å². The van der Waals surface area contributed by atoms with Crippen LogP contribution in [0.15, 0.2) is 107 Å². The summed E-state index contributed by atoms with van der Waals surface area (Å²) in [6.07, 6.45) is 1.44. The smallest absolute Gasteiger partial charge is 0.269 e. The Labute approximate surface area is 201 Å². The van der Waals surface area contributed by atoms with E-state index in [0.29, 0.717) is 22.6 Å². The summed E-state index contributed by atoms with van der Waals surface area (Å²) >= 11 is 0. The van der Waals surface area contributed by atoms with E-state index in [-0.39, 0.29) is 17.9 Å². The second-order valence-electron chi connectivity index (χ2n) is 7.55. The lowest BCUT2D eigenvalue weighted by molar-refractivity contribution is -0.384. The van der Waals surface area contributed by atoms with Crippen molar-refractivity contribution in [3.63, 3.8) is 0 Å². The van der Waals surface area contributed by atoms with Crippen LogP contribution in [-0.2, 0) is 11.3 Å². The van der Waals surface area contributed by atoms with Crippen LogP contribution in [0.2, 0.25) is 0 Å². The number of hydrogen-bond donors (Lipinski definition) is 2. The molecule has 174 valence electrons. The van der Waals surface area contributed by atoms with Crippen molar-refractivity contribution in [2.45, 2.75) is 6.54 Å². The summed E-state index contributed by atoms with van der Waals surface area (Å²) in [5.41, 5.74) is 1.94. The number of carbonyl (C=O) groups excluding carboxylic acids is 2. The first-order valence-corrected chi connectivity index (χ1v) is 10.7. The van der Waals surface area contributed by atoms with E-state index in [1.807, 2.05) is 30.3 Å². The lowest BCUT2D eigenvalue weighted by atomic mass is 10.1. The van der Waals surface area contributed by atoms with Crippen LogP contribution in [0, 0.1) is 10.1 Å². The number of hydrogen-bond acceptors (Lipinski definition) is 5. The number of nitro benzene ring substituents is 1. The molecule has 2 N–H and O–H groups in total. The Balaban J connectivity index is 1.57. The Morgan fingerprint density at radius 2 is 1.51 bits per heavy atom. The maximum absolute atomic E-state index is 13.0. The van der Waals surface area contributed by atoms with Gasteiger partial charge in [-0.05, 0) is 42.0 Å². The number of rotatable bonds is 8. The standard InChI is InChI=1S/C27H21N3O5/c31-26(21-9-5-2-6-10-21)29-24(27(32)28-18-19-7-3-1-4-8-19)17-23-15-16-25(35-23)20-11-13-22(14-12-20)30(33)34/h1-17H,18H2,(H,28,32)(H,29,31)/b24-17-. The van der Waals surface area contributed by atoms with E-state index in [9.17, 15) is 19.7 Å². The van der Waals surface area contributed by atoms with Gasteiger partial charge in [0.25, 0.3) is 17.5 Å². The van der Waals surface area contributed by atoms with Gasteiger partial charge in [0.05, 0.1) is 4.92 Å². The summed E-state index contributed by atoms with van der Waals surface area (Å²) in [5.74, 6) is -0.124. The molecule has 4 rings (SSSR count). The third kappa shape index (κ3) is 6.08. The van der Waals surface area contributed by atoms with Gasteiger partial charge in [0.2, 0.25) is 0 Å². The number of nitrogens with one attached hydrogen (secondary N) is 2. The minimum Gasteiger partial charge on any atom is -0.457 e. The van der Waals surface area contributed by atoms with E-state index in [0.717, 1.165) is 5.56 Å². The fourth-order valence-electron chi connectivity index (χ4n) is 3.29. The molecule has 8 heteroatoms. The number of nitro groups is 1. The molecule has 1 aromatic heterocycles. The van der Waals surface area contributed by atoms with Crippen molar-refractivity contribution < 1.29 is 18.9 Å². The van der Waals surface area contributed by atoms with Crippen molar-refractivity contribution in [1.29, 1.82) is 0 Å². The first kappa shape index (κ1) is 23.2. The third-order valence-electron chi connectivity index (χ3n) is 5.10. The summed E-state index contributed by atoms with van der Waals surface area (Å²) in [6, 6.07) is 27.2. The number of benzene rings is 3. The van der Waals surface area contributed by atoms with E-state index in [1.165, 1.54) is 18.2 Å². The number of carbonyl (C=O) groups is 2. The van der Waals surface area contributed by atoms with E-state index < -0.39 is 16.7 Å². The molecule has 8 nitrogen and oxygen atoms in total. The summed E-state index contributed by atoms with van der Waals surface area (Å²) in [7, 11) is 0. The highest BCUT2D eigenvalue weighted by Gasteiger charge is 2.16. The van der Waals surface area contributed by atoms with Gasteiger partial charge in [-0.3, -0.25) is 19.7 Å². The van der Waals surface area contributed by atoms with Crippen LogP contribution in [0.25, 0.3) is 17.4 Å². The van der Waals surface area contributed by atoms with Gasteiger partial charge in [-0.25, -0.2) is 0 Å². The highest BCUT2D eigenvalue weighted by molar-refractivity contribution is 6.05. The van der Waals surface area contributed by atoms with E-state index in [4.69, 9.17) is 4.42 Å². The van der Waals surface area contributed by atoms with E-state index >= 15 is 0 Å². The zero-order chi connectivity index (χ0) is 24.6. The summed E-state index contributed by atoms with van der Waals surface area (Å²) < 4.78 is 5.82. The van der Waals surface area contributed by atoms with Crippen LogP contribution < -0.4 is 10.6 Å². The maximum atomic E-state index is 13.0. The number of furan rings is 1. The van der Waals surface area contributed by atoms with E-state index in [2.05, 4.69) is 10.6 Å². The Hall–Kier alpha value is -4.98. The van der Waals surface area contributed by atoms with Gasteiger partial charge in [-0.1, -0.05) is 48.5 Å². The van der Waals surface area contributed by atoms with Gasteiger partial charge in [0.15, 0.2) is 0 Å². The van der Waals surface area contributed by atoms with Gasteiger partial charge in [-0.2, -0.15) is 0 Å². The van der Waals surface area contributed by atoms with Crippen LogP contribution in [0.5, 0.6) is 0 Å². The molecule has 0 aliphatic carbocycles. The van der Waals surface area contributed by atoms with Crippen LogP contribution in [0.1, 0.15) is 21.7 Å². The molecule has 4 aromatic rings. The van der Waals surface area contributed by atoms with Crippen LogP contribution >= 0.6 is 0 Å². The SMILES string of the molecule is O=C(NCc1ccccc1)/C(=C/c1ccc(-c2ccc([N+](=O)[O-])cc2)o1)NC(=O)c1ccccc1. The predicted octanol–water partition coefficient (Wildman–Crippen LogP) is 4.94. The lowest BCUT2D eigenvalue weighted by Gasteiger charge is -2.11. The van der Waals surface area contributed by atoms with Crippen molar-refractivity contribution in [2.75, 3.05) is 0 Å². The lowest BCUT2D eigenvalue weighted by Crippen LogP contribution is -2.34. The molecule has 0 aliphatic heterocycles.